The zero-order valence-electron chi connectivity index (χ0n) is 7.89. The fourth-order valence-corrected chi connectivity index (χ4v) is 2.05. The van der Waals surface area contributed by atoms with Gasteiger partial charge in [0, 0.05) is 10.5 Å². The van der Waals surface area contributed by atoms with Crippen molar-refractivity contribution in [2.45, 2.75) is 38.4 Å². The number of rotatable bonds is 3. The first kappa shape index (κ1) is 9.90. The molecule has 1 aliphatic rings. The van der Waals surface area contributed by atoms with Gasteiger partial charge in [-0.3, -0.25) is 4.79 Å². The molecule has 2 nitrogen and oxygen atoms in total. The minimum absolute atomic E-state index is 0.186. The first-order valence-electron chi connectivity index (χ1n) is 4.23. The molecule has 0 radical (unpaired) electrons. The molecule has 0 saturated heterocycles. The smallest absolute Gasteiger partial charge is 0.310 e. The van der Waals surface area contributed by atoms with Gasteiger partial charge in [-0.25, -0.2) is 0 Å². The van der Waals surface area contributed by atoms with E-state index in [9.17, 15) is 4.79 Å². The largest absolute Gasteiger partial charge is 0.481 e. The predicted molar refractivity (Wildman–Crippen MR) is 51.5 cm³/mol. The normalized spacial score (nSPS) is 20.6. The zero-order valence-corrected chi connectivity index (χ0v) is 8.70. The molecular formula is C9H16O2S. The van der Waals surface area contributed by atoms with Crippen LogP contribution in [0.1, 0.15) is 33.6 Å². The molecule has 0 atom stereocenters. The lowest BCUT2D eigenvalue weighted by Crippen LogP contribution is -2.21. The number of hydrogen-bond acceptors (Lipinski definition) is 2. The average molecular weight is 188 g/mol. The van der Waals surface area contributed by atoms with E-state index in [-0.39, 0.29) is 10.2 Å². The van der Waals surface area contributed by atoms with Gasteiger partial charge in [0.1, 0.15) is 0 Å². The van der Waals surface area contributed by atoms with Gasteiger partial charge in [-0.05, 0) is 12.8 Å². The average Bonchev–Trinajstić information content (AvgIpc) is 2.61. The van der Waals surface area contributed by atoms with Crippen molar-refractivity contribution in [3.63, 3.8) is 0 Å². The number of carboxylic acids is 1. The van der Waals surface area contributed by atoms with Crippen LogP contribution >= 0.6 is 11.8 Å². The van der Waals surface area contributed by atoms with Crippen LogP contribution in [-0.2, 0) is 4.79 Å². The molecule has 12 heavy (non-hydrogen) atoms. The van der Waals surface area contributed by atoms with Crippen LogP contribution in [-0.4, -0.2) is 21.6 Å². The Morgan fingerprint density at radius 3 is 2.25 bits per heavy atom. The van der Waals surface area contributed by atoms with Crippen LogP contribution in [0.4, 0.5) is 0 Å². The van der Waals surface area contributed by atoms with Gasteiger partial charge >= 0.3 is 5.97 Å². The first-order valence-corrected chi connectivity index (χ1v) is 5.22. The Balaban J connectivity index is 2.37. The highest BCUT2D eigenvalue weighted by atomic mass is 32.2. The molecule has 0 spiro atoms. The standard InChI is InChI=1S/C9H16O2S/c1-8(2,3)12-6-9(4-5-9)7(10)11/h4-6H2,1-3H3,(H,10,11). The van der Waals surface area contributed by atoms with Crippen LogP contribution in [0.25, 0.3) is 0 Å². The molecule has 0 amide bonds. The van der Waals surface area contributed by atoms with Crippen LogP contribution in [0, 0.1) is 5.41 Å². The SMILES string of the molecule is CC(C)(C)SCC1(C(=O)O)CC1. The van der Waals surface area contributed by atoms with Crippen molar-refractivity contribution in [3.05, 3.63) is 0 Å². The summed E-state index contributed by atoms with van der Waals surface area (Å²) in [6.07, 6.45) is 1.73. The van der Waals surface area contributed by atoms with Gasteiger partial charge < -0.3 is 5.11 Å². The molecule has 3 heteroatoms. The summed E-state index contributed by atoms with van der Waals surface area (Å²) in [6.45, 7) is 6.36. The van der Waals surface area contributed by atoms with E-state index >= 15 is 0 Å². The number of aliphatic carboxylic acids is 1. The van der Waals surface area contributed by atoms with Gasteiger partial charge in [0.15, 0.2) is 0 Å². The predicted octanol–water partition coefficient (Wildman–Crippen LogP) is 2.38. The van der Waals surface area contributed by atoms with Crippen molar-refractivity contribution in [2.75, 3.05) is 5.75 Å². The summed E-state index contributed by atoms with van der Waals surface area (Å²) in [5.74, 6) is 0.158. The summed E-state index contributed by atoms with van der Waals surface area (Å²) in [5, 5.41) is 8.89. The van der Waals surface area contributed by atoms with Crippen molar-refractivity contribution in [2.24, 2.45) is 5.41 Å². The topological polar surface area (TPSA) is 37.3 Å². The lowest BCUT2D eigenvalue weighted by atomic mass is 10.1. The van der Waals surface area contributed by atoms with Crippen LogP contribution in [0.2, 0.25) is 0 Å². The quantitative estimate of drug-likeness (QED) is 0.739. The van der Waals surface area contributed by atoms with E-state index in [1.807, 2.05) is 0 Å². The van der Waals surface area contributed by atoms with Gasteiger partial charge in [-0.15, -0.1) is 0 Å². The molecule has 0 aromatic rings. The van der Waals surface area contributed by atoms with Crippen molar-refractivity contribution >= 4 is 17.7 Å². The molecule has 0 aromatic carbocycles. The molecule has 0 aliphatic heterocycles. The maximum absolute atomic E-state index is 10.8. The molecule has 1 rings (SSSR count). The highest BCUT2D eigenvalue weighted by molar-refractivity contribution is 8.00. The Morgan fingerprint density at radius 1 is 1.50 bits per heavy atom. The third-order valence-corrected chi connectivity index (χ3v) is 3.65. The Kier molecular flexibility index (Phi) is 2.43. The van der Waals surface area contributed by atoms with Crippen LogP contribution in [0.15, 0.2) is 0 Å². The van der Waals surface area contributed by atoms with Gasteiger partial charge in [-0.1, -0.05) is 20.8 Å². The fourth-order valence-electron chi connectivity index (χ4n) is 0.925. The summed E-state index contributed by atoms with van der Waals surface area (Å²) >= 11 is 1.75. The summed E-state index contributed by atoms with van der Waals surface area (Å²) in [6, 6.07) is 0. The number of carboxylic acid groups (broad SMARTS) is 1. The van der Waals surface area contributed by atoms with E-state index in [1.165, 1.54) is 0 Å². The molecule has 1 saturated carbocycles. The van der Waals surface area contributed by atoms with E-state index in [4.69, 9.17) is 5.11 Å². The summed E-state index contributed by atoms with van der Waals surface area (Å²) < 4.78 is 0.186. The second-order valence-electron chi connectivity index (χ2n) is 4.49. The van der Waals surface area contributed by atoms with Crippen molar-refractivity contribution in [3.8, 4) is 0 Å². The maximum atomic E-state index is 10.8. The van der Waals surface area contributed by atoms with E-state index in [1.54, 1.807) is 11.8 Å². The summed E-state index contributed by atoms with van der Waals surface area (Å²) in [5.41, 5.74) is -0.363. The highest BCUT2D eigenvalue weighted by Crippen LogP contribution is 2.49. The third kappa shape index (κ3) is 2.41. The van der Waals surface area contributed by atoms with E-state index in [0.29, 0.717) is 0 Å². The Morgan fingerprint density at radius 2 is 2.00 bits per heavy atom. The van der Waals surface area contributed by atoms with Gasteiger partial charge in [-0.2, -0.15) is 11.8 Å². The minimum atomic E-state index is -0.612. The van der Waals surface area contributed by atoms with Gasteiger partial charge in [0.2, 0.25) is 0 Å². The van der Waals surface area contributed by atoms with Crippen molar-refractivity contribution in [1.29, 1.82) is 0 Å². The summed E-state index contributed by atoms with van der Waals surface area (Å²) in [4.78, 5) is 10.8. The van der Waals surface area contributed by atoms with Crippen molar-refractivity contribution < 1.29 is 9.90 Å². The number of carbonyl (C=O) groups is 1. The Bertz CT molecular complexity index is 189. The molecule has 1 fully saturated rings. The van der Waals surface area contributed by atoms with Gasteiger partial charge in [0.25, 0.3) is 0 Å². The van der Waals surface area contributed by atoms with E-state index < -0.39 is 5.97 Å². The Labute approximate surface area is 77.7 Å². The lowest BCUT2D eigenvalue weighted by molar-refractivity contribution is -0.142. The van der Waals surface area contributed by atoms with Crippen LogP contribution in [0.3, 0.4) is 0 Å². The number of thioether (sulfide) groups is 1. The highest BCUT2D eigenvalue weighted by Gasteiger charge is 2.50. The van der Waals surface area contributed by atoms with Crippen molar-refractivity contribution in [1.82, 2.24) is 0 Å². The molecule has 0 bridgehead atoms. The fraction of sp³-hybridized carbons (Fsp3) is 0.889. The Hall–Kier alpha value is -0.180. The van der Waals surface area contributed by atoms with E-state index in [2.05, 4.69) is 20.8 Å². The summed E-state index contributed by atoms with van der Waals surface area (Å²) in [7, 11) is 0. The monoisotopic (exact) mass is 188 g/mol. The zero-order chi connectivity index (χ0) is 9.41. The first-order chi connectivity index (χ1) is 5.36. The molecule has 1 N–H and O–H groups in total. The lowest BCUT2D eigenvalue weighted by Gasteiger charge is -2.20. The third-order valence-electron chi connectivity index (χ3n) is 2.09. The second-order valence-corrected chi connectivity index (χ2v) is 6.29. The number of hydrogen-bond donors (Lipinski definition) is 1. The molecule has 0 heterocycles. The van der Waals surface area contributed by atoms with E-state index in [0.717, 1.165) is 18.6 Å². The maximum Gasteiger partial charge on any atom is 0.310 e. The minimum Gasteiger partial charge on any atom is -0.481 e. The second kappa shape index (κ2) is 2.95. The molecule has 70 valence electrons. The molecular weight excluding hydrogens is 172 g/mol. The van der Waals surface area contributed by atoms with Gasteiger partial charge in [0.05, 0.1) is 5.41 Å². The molecule has 0 aromatic heterocycles. The van der Waals surface area contributed by atoms with Crippen LogP contribution in [0.5, 0.6) is 0 Å². The van der Waals surface area contributed by atoms with Crippen LogP contribution < -0.4 is 0 Å². The molecule has 0 unspecified atom stereocenters. The molecule has 1 aliphatic carbocycles.